The highest BCUT2D eigenvalue weighted by Gasteiger charge is 2.46. The van der Waals surface area contributed by atoms with Crippen LogP contribution in [-0.4, -0.2) is 31.5 Å². The van der Waals surface area contributed by atoms with Crippen molar-refractivity contribution in [2.45, 2.75) is 44.0 Å². The second kappa shape index (κ2) is 4.32. The summed E-state index contributed by atoms with van der Waals surface area (Å²) in [6, 6.07) is 0. The summed E-state index contributed by atoms with van der Waals surface area (Å²) < 4.78 is 11.9. The van der Waals surface area contributed by atoms with E-state index in [4.69, 9.17) is 15.2 Å². The summed E-state index contributed by atoms with van der Waals surface area (Å²) in [4.78, 5) is 0. The molecule has 0 aromatic carbocycles. The summed E-state index contributed by atoms with van der Waals surface area (Å²) in [6.07, 6.45) is 10.4. The minimum Gasteiger partial charge on any atom is -0.375 e. The maximum Gasteiger partial charge on any atom is 0.103 e. The molecule has 1 saturated heterocycles. The molecule has 3 heteroatoms. The molecule has 0 aromatic rings. The molecule has 0 spiro atoms. The first kappa shape index (κ1) is 11.4. The van der Waals surface area contributed by atoms with Crippen molar-refractivity contribution < 1.29 is 9.47 Å². The standard InChI is InChI=1S/C15H23NO2/c16-7-11-4-10-3-9(11)5-12(10)8-17-15-6-13-1-2-14(15)18-13/h1-2,9-15H,3-8,16H2/t9?,10-,11?,12?,13?,14?,15?/m0/s1. The van der Waals surface area contributed by atoms with Gasteiger partial charge in [-0.2, -0.15) is 0 Å². The van der Waals surface area contributed by atoms with Crippen LogP contribution in [0.2, 0.25) is 0 Å². The second-order valence-corrected chi connectivity index (χ2v) is 6.61. The molecule has 4 bridgehead atoms. The lowest BCUT2D eigenvalue weighted by atomic mass is 9.82. The average molecular weight is 249 g/mol. The van der Waals surface area contributed by atoms with E-state index in [1.807, 2.05) is 0 Å². The average Bonchev–Trinajstić information content (AvgIpc) is 3.14. The van der Waals surface area contributed by atoms with Gasteiger partial charge in [-0.1, -0.05) is 12.2 Å². The summed E-state index contributed by atoms with van der Waals surface area (Å²) >= 11 is 0. The van der Waals surface area contributed by atoms with Crippen LogP contribution in [0, 0.1) is 23.7 Å². The highest BCUT2D eigenvalue weighted by Crippen LogP contribution is 2.51. The summed E-state index contributed by atoms with van der Waals surface area (Å²) in [5.74, 6) is 3.38. The molecule has 100 valence electrons. The molecule has 6 unspecified atom stereocenters. The molecule has 7 atom stereocenters. The predicted molar refractivity (Wildman–Crippen MR) is 69.0 cm³/mol. The predicted octanol–water partition coefficient (Wildman–Crippen LogP) is 1.72. The van der Waals surface area contributed by atoms with E-state index in [0.29, 0.717) is 12.2 Å². The van der Waals surface area contributed by atoms with Crippen LogP contribution in [0.1, 0.15) is 25.7 Å². The molecular formula is C15H23NO2. The fourth-order valence-electron chi connectivity index (χ4n) is 4.65. The van der Waals surface area contributed by atoms with Crippen LogP contribution in [-0.2, 0) is 9.47 Å². The minimum absolute atomic E-state index is 0.241. The van der Waals surface area contributed by atoms with E-state index in [-0.39, 0.29) is 6.10 Å². The summed E-state index contributed by atoms with van der Waals surface area (Å²) in [6.45, 7) is 1.84. The first-order valence-electron chi connectivity index (χ1n) is 7.49. The monoisotopic (exact) mass is 249 g/mol. The molecule has 3 nitrogen and oxygen atoms in total. The van der Waals surface area contributed by atoms with Gasteiger partial charge in [-0.3, -0.25) is 0 Å². The van der Waals surface area contributed by atoms with Crippen LogP contribution >= 0.6 is 0 Å². The molecule has 2 heterocycles. The number of fused-ring (bicyclic) bond motifs is 4. The third-order valence-corrected chi connectivity index (χ3v) is 5.66. The molecule has 4 rings (SSSR count). The Morgan fingerprint density at radius 2 is 1.89 bits per heavy atom. The van der Waals surface area contributed by atoms with Crippen LogP contribution in [0.3, 0.4) is 0 Å². The third kappa shape index (κ3) is 1.75. The first-order chi connectivity index (χ1) is 8.83. The molecule has 2 N–H and O–H groups in total. The molecular weight excluding hydrogens is 226 g/mol. The Hall–Kier alpha value is -0.380. The Morgan fingerprint density at radius 3 is 2.50 bits per heavy atom. The molecule has 2 aliphatic carbocycles. The maximum absolute atomic E-state index is 6.13. The van der Waals surface area contributed by atoms with Crippen molar-refractivity contribution in [1.82, 2.24) is 0 Å². The van der Waals surface area contributed by atoms with Gasteiger partial charge in [-0.05, 0) is 49.5 Å². The fourth-order valence-corrected chi connectivity index (χ4v) is 4.65. The minimum atomic E-state index is 0.241. The van der Waals surface area contributed by atoms with Gasteiger partial charge in [0.1, 0.15) is 6.10 Å². The topological polar surface area (TPSA) is 44.5 Å². The second-order valence-electron chi connectivity index (χ2n) is 6.61. The lowest BCUT2D eigenvalue weighted by molar-refractivity contribution is -0.0133. The number of rotatable bonds is 4. The largest absolute Gasteiger partial charge is 0.375 e. The number of hydrogen-bond acceptors (Lipinski definition) is 3. The third-order valence-electron chi connectivity index (χ3n) is 5.66. The first-order valence-corrected chi connectivity index (χ1v) is 7.49. The SMILES string of the molecule is NCC1C[C@@H]2CC1CC2COC1CC2C=CC1O2. The Bertz CT molecular complexity index is 356. The van der Waals surface area contributed by atoms with Gasteiger partial charge < -0.3 is 15.2 Å². The quantitative estimate of drug-likeness (QED) is 0.772. The van der Waals surface area contributed by atoms with Gasteiger partial charge in [0.2, 0.25) is 0 Å². The zero-order chi connectivity index (χ0) is 12.1. The van der Waals surface area contributed by atoms with Crippen LogP contribution in [0.25, 0.3) is 0 Å². The van der Waals surface area contributed by atoms with Crippen molar-refractivity contribution in [3.63, 3.8) is 0 Å². The molecule has 3 fully saturated rings. The number of nitrogens with two attached hydrogens (primary N) is 1. The van der Waals surface area contributed by atoms with Crippen LogP contribution in [0.15, 0.2) is 12.2 Å². The fraction of sp³-hybridized carbons (Fsp3) is 0.867. The van der Waals surface area contributed by atoms with Gasteiger partial charge in [-0.25, -0.2) is 0 Å². The normalized spacial score (nSPS) is 52.6. The van der Waals surface area contributed by atoms with E-state index in [9.17, 15) is 0 Å². The van der Waals surface area contributed by atoms with E-state index in [1.165, 1.54) is 19.3 Å². The number of hydrogen-bond donors (Lipinski definition) is 1. The van der Waals surface area contributed by atoms with Crippen LogP contribution in [0.5, 0.6) is 0 Å². The smallest absolute Gasteiger partial charge is 0.103 e. The van der Waals surface area contributed by atoms with Gasteiger partial charge in [0.15, 0.2) is 0 Å². The van der Waals surface area contributed by atoms with E-state index >= 15 is 0 Å². The van der Waals surface area contributed by atoms with Crippen molar-refractivity contribution >= 4 is 0 Å². The molecule has 4 aliphatic rings. The Labute approximate surface area is 109 Å². The lowest BCUT2D eigenvalue weighted by Gasteiger charge is -2.28. The summed E-state index contributed by atoms with van der Waals surface area (Å²) in [5, 5.41) is 0. The highest BCUT2D eigenvalue weighted by atomic mass is 16.6. The van der Waals surface area contributed by atoms with Gasteiger partial charge in [-0.15, -0.1) is 0 Å². The van der Waals surface area contributed by atoms with E-state index in [0.717, 1.165) is 43.2 Å². The summed E-state index contributed by atoms with van der Waals surface area (Å²) in [5.41, 5.74) is 5.82. The molecule has 2 saturated carbocycles. The molecule has 0 amide bonds. The van der Waals surface area contributed by atoms with Crippen molar-refractivity contribution in [3.05, 3.63) is 12.2 Å². The summed E-state index contributed by atoms with van der Waals surface area (Å²) in [7, 11) is 0. The van der Waals surface area contributed by atoms with Crippen molar-refractivity contribution in [2.75, 3.05) is 13.2 Å². The molecule has 0 radical (unpaired) electrons. The van der Waals surface area contributed by atoms with Crippen molar-refractivity contribution in [3.8, 4) is 0 Å². The maximum atomic E-state index is 6.13. The molecule has 18 heavy (non-hydrogen) atoms. The molecule has 2 aliphatic heterocycles. The van der Waals surface area contributed by atoms with Crippen LogP contribution in [0.4, 0.5) is 0 Å². The van der Waals surface area contributed by atoms with Gasteiger partial charge in [0.05, 0.1) is 18.8 Å². The van der Waals surface area contributed by atoms with E-state index < -0.39 is 0 Å². The van der Waals surface area contributed by atoms with Crippen LogP contribution < -0.4 is 5.73 Å². The van der Waals surface area contributed by atoms with Gasteiger partial charge in [0.25, 0.3) is 0 Å². The zero-order valence-corrected chi connectivity index (χ0v) is 10.8. The van der Waals surface area contributed by atoms with Crippen molar-refractivity contribution in [2.24, 2.45) is 29.4 Å². The van der Waals surface area contributed by atoms with E-state index in [1.54, 1.807) is 0 Å². The van der Waals surface area contributed by atoms with Gasteiger partial charge >= 0.3 is 0 Å². The Morgan fingerprint density at radius 1 is 1.06 bits per heavy atom. The van der Waals surface area contributed by atoms with Crippen molar-refractivity contribution in [1.29, 1.82) is 0 Å². The lowest BCUT2D eigenvalue weighted by Crippen LogP contribution is -2.30. The number of ether oxygens (including phenoxy) is 2. The van der Waals surface area contributed by atoms with Gasteiger partial charge in [0, 0.05) is 6.42 Å². The Balaban J connectivity index is 1.29. The Kier molecular flexibility index (Phi) is 2.75. The molecule has 0 aromatic heterocycles. The highest BCUT2D eigenvalue weighted by molar-refractivity contribution is 5.12. The zero-order valence-electron chi connectivity index (χ0n) is 10.8. The van der Waals surface area contributed by atoms with E-state index in [2.05, 4.69) is 12.2 Å².